The molecule has 0 spiro atoms. The Bertz CT molecular complexity index is 758. The lowest BCUT2D eigenvalue weighted by Gasteiger charge is -2.05. The minimum absolute atomic E-state index is 0.566. The number of fused-ring (bicyclic) bond motifs is 1. The monoisotopic (exact) mass is 295 g/mol. The molecule has 0 saturated carbocycles. The number of aromatic amines is 1. The van der Waals surface area contributed by atoms with E-state index in [1.54, 1.807) is 23.9 Å². The predicted octanol–water partition coefficient (Wildman–Crippen LogP) is 3.61. The quantitative estimate of drug-likeness (QED) is 0.577. The first-order valence-electron chi connectivity index (χ1n) is 6.56. The summed E-state index contributed by atoms with van der Waals surface area (Å²) in [5, 5.41) is 9.72. The molecule has 0 fully saturated rings. The normalized spacial score (nSPS) is 10.4. The Balaban J connectivity index is 1.53. The smallest absolute Gasteiger partial charge is 0.166 e. The van der Waals surface area contributed by atoms with Gasteiger partial charge in [-0.1, -0.05) is 30.0 Å². The summed E-state index contributed by atoms with van der Waals surface area (Å²) < 4.78 is 5.63. The van der Waals surface area contributed by atoms with Crippen LogP contribution in [0.2, 0.25) is 0 Å². The maximum atomic E-state index is 8.83. The van der Waals surface area contributed by atoms with E-state index in [1.807, 2.05) is 36.4 Å². The van der Waals surface area contributed by atoms with Crippen molar-refractivity contribution in [2.24, 2.45) is 0 Å². The first kappa shape index (κ1) is 13.5. The number of aromatic nitrogens is 2. The molecule has 104 valence electrons. The molecule has 0 aliphatic heterocycles. The number of thioether (sulfide) groups is 1. The highest BCUT2D eigenvalue weighted by molar-refractivity contribution is 7.99. The average molecular weight is 295 g/mol. The molecular formula is C16H13N3OS. The summed E-state index contributed by atoms with van der Waals surface area (Å²) in [4.78, 5) is 7.76. The van der Waals surface area contributed by atoms with Crippen LogP contribution in [0.4, 0.5) is 0 Å². The summed E-state index contributed by atoms with van der Waals surface area (Å²) in [6, 6.07) is 17.2. The van der Waals surface area contributed by atoms with E-state index in [1.165, 1.54) is 0 Å². The van der Waals surface area contributed by atoms with E-state index in [4.69, 9.17) is 10.00 Å². The van der Waals surface area contributed by atoms with Crippen molar-refractivity contribution in [3.05, 3.63) is 54.1 Å². The van der Waals surface area contributed by atoms with Crippen LogP contribution in [0.1, 0.15) is 5.56 Å². The average Bonchev–Trinajstić information content (AvgIpc) is 2.94. The van der Waals surface area contributed by atoms with Gasteiger partial charge in [-0.15, -0.1) is 0 Å². The highest BCUT2D eigenvalue weighted by Gasteiger charge is 2.02. The van der Waals surface area contributed by atoms with Gasteiger partial charge < -0.3 is 9.72 Å². The molecule has 2 aromatic carbocycles. The van der Waals surface area contributed by atoms with E-state index in [0.29, 0.717) is 12.2 Å². The molecule has 1 heterocycles. The molecule has 3 aromatic rings. The largest absolute Gasteiger partial charge is 0.493 e. The standard InChI is InChI=1S/C16H13N3OS/c17-11-12-4-3-5-13(10-12)20-8-9-21-16-18-14-6-1-2-7-15(14)19-16/h1-7,10H,8-9H2,(H,18,19). The van der Waals surface area contributed by atoms with Crippen molar-refractivity contribution in [3.8, 4) is 11.8 Å². The summed E-state index contributed by atoms with van der Waals surface area (Å²) >= 11 is 1.62. The molecule has 1 N–H and O–H groups in total. The van der Waals surface area contributed by atoms with Crippen molar-refractivity contribution in [1.82, 2.24) is 9.97 Å². The van der Waals surface area contributed by atoms with Crippen LogP contribution in [-0.2, 0) is 0 Å². The second-order valence-electron chi connectivity index (χ2n) is 4.40. The molecule has 0 aliphatic carbocycles. The van der Waals surface area contributed by atoms with E-state index >= 15 is 0 Å². The van der Waals surface area contributed by atoms with Crippen LogP contribution in [-0.4, -0.2) is 22.3 Å². The maximum absolute atomic E-state index is 8.83. The first-order chi connectivity index (χ1) is 10.3. The third-order valence-electron chi connectivity index (χ3n) is 2.92. The summed E-state index contributed by atoms with van der Waals surface area (Å²) in [6.45, 7) is 0.566. The second kappa shape index (κ2) is 6.33. The van der Waals surface area contributed by atoms with Gasteiger partial charge in [0, 0.05) is 5.75 Å². The molecule has 4 nitrogen and oxygen atoms in total. The van der Waals surface area contributed by atoms with Crippen LogP contribution in [0.3, 0.4) is 0 Å². The SMILES string of the molecule is N#Cc1cccc(OCCSc2nc3ccccc3[nH]2)c1. The molecule has 0 unspecified atom stereocenters. The van der Waals surface area contributed by atoms with Gasteiger partial charge in [-0.3, -0.25) is 0 Å². The molecule has 0 aliphatic rings. The van der Waals surface area contributed by atoms with Crippen LogP contribution in [0.15, 0.2) is 53.7 Å². The third-order valence-corrected chi connectivity index (χ3v) is 3.76. The van der Waals surface area contributed by atoms with Gasteiger partial charge in [0.25, 0.3) is 0 Å². The number of ether oxygens (including phenoxy) is 1. The minimum Gasteiger partial charge on any atom is -0.493 e. The molecule has 0 bridgehead atoms. The zero-order valence-electron chi connectivity index (χ0n) is 11.2. The van der Waals surface area contributed by atoms with Crippen LogP contribution >= 0.6 is 11.8 Å². The molecule has 1 aromatic heterocycles. The molecular weight excluding hydrogens is 282 g/mol. The van der Waals surface area contributed by atoms with Gasteiger partial charge in [0.05, 0.1) is 29.3 Å². The fraction of sp³-hybridized carbons (Fsp3) is 0.125. The molecule has 0 saturated heterocycles. The molecule has 0 atom stereocenters. The summed E-state index contributed by atoms with van der Waals surface area (Å²) in [5.74, 6) is 1.51. The highest BCUT2D eigenvalue weighted by Crippen LogP contribution is 2.19. The number of nitrogens with one attached hydrogen (secondary N) is 1. The maximum Gasteiger partial charge on any atom is 0.166 e. The Hall–Kier alpha value is -2.45. The Kier molecular flexibility index (Phi) is 4.08. The molecule has 5 heteroatoms. The van der Waals surface area contributed by atoms with E-state index in [-0.39, 0.29) is 0 Å². The Morgan fingerprint density at radius 1 is 1.19 bits per heavy atom. The number of rotatable bonds is 5. The summed E-state index contributed by atoms with van der Waals surface area (Å²) in [5.41, 5.74) is 2.63. The number of imidazole rings is 1. The van der Waals surface area contributed by atoms with E-state index in [2.05, 4.69) is 16.0 Å². The van der Waals surface area contributed by atoms with Gasteiger partial charge in [-0.2, -0.15) is 5.26 Å². The van der Waals surface area contributed by atoms with Gasteiger partial charge in [0.15, 0.2) is 5.16 Å². The van der Waals surface area contributed by atoms with Crippen molar-refractivity contribution in [3.63, 3.8) is 0 Å². The van der Waals surface area contributed by atoms with Crippen molar-refractivity contribution < 1.29 is 4.74 Å². The van der Waals surface area contributed by atoms with E-state index in [0.717, 1.165) is 27.7 Å². The Morgan fingerprint density at radius 2 is 2.10 bits per heavy atom. The van der Waals surface area contributed by atoms with Gasteiger partial charge >= 0.3 is 0 Å². The van der Waals surface area contributed by atoms with Crippen molar-refractivity contribution in [2.45, 2.75) is 5.16 Å². The van der Waals surface area contributed by atoms with E-state index in [9.17, 15) is 0 Å². The first-order valence-corrected chi connectivity index (χ1v) is 7.54. The van der Waals surface area contributed by atoms with Crippen LogP contribution in [0, 0.1) is 11.3 Å². The number of H-pyrrole nitrogens is 1. The zero-order valence-corrected chi connectivity index (χ0v) is 12.1. The Labute approximate surface area is 126 Å². The molecule has 0 radical (unpaired) electrons. The third kappa shape index (κ3) is 3.36. The number of hydrogen-bond acceptors (Lipinski definition) is 4. The summed E-state index contributed by atoms with van der Waals surface area (Å²) in [7, 11) is 0. The van der Waals surface area contributed by atoms with Crippen LogP contribution in [0.25, 0.3) is 11.0 Å². The number of para-hydroxylation sites is 2. The van der Waals surface area contributed by atoms with Gasteiger partial charge in [0.2, 0.25) is 0 Å². The number of hydrogen-bond donors (Lipinski definition) is 1. The fourth-order valence-corrected chi connectivity index (χ4v) is 2.66. The lowest BCUT2D eigenvalue weighted by Crippen LogP contribution is -2.00. The zero-order chi connectivity index (χ0) is 14.5. The second-order valence-corrected chi connectivity index (χ2v) is 5.48. The number of benzene rings is 2. The topological polar surface area (TPSA) is 61.7 Å². The Morgan fingerprint density at radius 3 is 2.95 bits per heavy atom. The highest BCUT2D eigenvalue weighted by atomic mass is 32.2. The van der Waals surface area contributed by atoms with Crippen LogP contribution in [0.5, 0.6) is 5.75 Å². The van der Waals surface area contributed by atoms with Gasteiger partial charge in [0.1, 0.15) is 5.75 Å². The fourth-order valence-electron chi connectivity index (χ4n) is 1.95. The number of nitriles is 1. The van der Waals surface area contributed by atoms with Crippen molar-refractivity contribution >= 4 is 22.8 Å². The minimum atomic E-state index is 0.566. The number of nitrogens with zero attached hydrogens (tertiary/aromatic N) is 2. The van der Waals surface area contributed by atoms with Crippen molar-refractivity contribution in [1.29, 1.82) is 5.26 Å². The molecule has 21 heavy (non-hydrogen) atoms. The lowest BCUT2D eigenvalue weighted by atomic mass is 10.2. The van der Waals surface area contributed by atoms with E-state index < -0.39 is 0 Å². The lowest BCUT2D eigenvalue weighted by molar-refractivity contribution is 0.344. The predicted molar refractivity (Wildman–Crippen MR) is 83.5 cm³/mol. The van der Waals surface area contributed by atoms with Gasteiger partial charge in [-0.25, -0.2) is 4.98 Å². The summed E-state index contributed by atoms with van der Waals surface area (Å²) in [6.07, 6.45) is 0. The molecule has 3 rings (SSSR count). The van der Waals surface area contributed by atoms with Gasteiger partial charge in [-0.05, 0) is 30.3 Å². The van der Waals surface area contributed by atoms with Crippen molar-refractivity contribution in [2.75, 3.05) is 12.4 Å². The molecule has 0 amide bonds. The van der Waals surface area contributed by atoms with Crippen LogP contribution < -0.4 is 4.74 Å².